The first-order chi connectivity index (χ1) is 16.8. The molecule has 0 unspecified atom stereocenters. The van der Waals surface area contributed by atoms with E-state index in [2.05, 4.69) is 4.98 Å². The third-order valence-electron chi connectivity index (χ3n) is 6.00. The lowest BCUT2D eigenvalue weighted by molar-refractivity contribution is -0.133. The molecule has 1 amide bonds. The molecule has 8 nitrogen and oxygen atoms in total. The van der Waals surface area contributed by atoms with E-state index in [9.17, 15) is 13.2 Å². The Labute approximate surface area is 206 Å². The molecule has 1 saturated heterocycles. The molecule has 0 N–H and O–H groups in total. The second-order valence-electron chi connectivity index (χ2n) is 9.45. The number of sulfone groups is 1. The number of hydrogen-bond acceptors (Lipinski definition) is 6. The van der Waals surface area contributed by atoms with Crippen LogP contribution in [-0.2, 0) is 44.8 Å². The molecule has 1 aliphatic rings. The molecule has 4 rings (SSSR count). The van der Waals surface area contributed by atoms with Gasteiger partial charge in [-0.2, -0.15) is 0 Å². The SMILES string of the molecule is CC(C)CC(=O)N(Cc1ccco1)Cc1cnc(S(=O)(=O)Cc2ccccc2)n1C[C@H]1CCCO1. The Morgan fingerprint density at radius 3 is 2.63 bits per heavy atom. The minimum Gasteiger partial charge on any atom is -0.467 e. The van der Waals surface area contributed by atoms with Crippen molar-refractivity contribution in [1.29, 1.82) is 0 Å². The topological polar surface area (TPSA) is 94.6 Å². The zero-order valence-corrected chi connectivity index (χ0v) is 21.1. The lowest BCUT2D eigenvalue weighted by Crippen LogP contribution is -2.32. The second-order valence-corrected chi connectivity index (χ2v) is 11.3. The Kier molecular flexibility index (Phi) is 8.07. The van der Waals surface area contributed by atoms with Gasteiger partial charge in [0.15, 0.2) is 0 Å². The molecule has 1 fully saturated rings. The molecule has 0 saturated carbocycles. The number of benzene rings is 1. The molecule has 188 valence electrons. The minimum atomic E-state index is -3.72. The van der Waals surface area contributed by atoms with Crippen LogP contribution in [0.15, 0.2) is 64.5 Å². The zero-order chi connectivity index (χ0) is 24.8. The average molecular weight is 500 g/mol. The Morgan fingerprint density at radius 2 is 1.97 bits per heavy atom. The van der Waals surface area contributed by atoms with Crippen LogP contribution in [0.3, 0.4) is 0 Å². The van der Waals surface area contributed by atoms with Crippen LogP contribution in [0.2, 0.25) is 0 Å². The summed E-state index contributed by atoms with van der Waals surface area (Å²) in [5, 5.41) is 0.0149. The summed E-state index contributed by atoms with van der Waals surface area (Å²) >= 11 is 0. The van der Waals surface area contributed by atoms with Crippen LogP contribution in [-0.4, -0.2) is 41.5 Å². The van der Waals surface area contributed by atoms with Crippen molar-refractivity contribution in [2.24, 2.45) is 5.92 Å². The van der Waals surface area contributed by atoms with Crippen LogP contribution in [0.4, 0.5) is 0 Å². The van der Waals surface area contributed by atoms with E-state index in [1.54, 1.807) is 40.1 Å². The zero-order valence-electron chi connectivity index (χ0n) is 20.3. The molecule has 35 heavy (non-hydrogen) atoms. The summed E-state index contributed by atoms with van der Waals surface area (Å²) in [5.74, 6) is 0.706. The molecule has 0 aliphatic carbocycles. The quantitative estimate of drug-likeness (QED) is 0.392. The van der Waals surface area contributed by atoms with Gasteiger partial charge in [-0.1, -0.05) is 44.2 Å². The van der Waals surface area contributed by atoms with E-state index in [1.807, 2.05) is 38.1 Å². The van der Waals surface area contributed by atoms with Crippen LogP contribution in [0.25, 0.3) is 0 Å². The molecule has 1 aromatic carbocycles. The molecule has 3 aromatic rings. The summed E-state index contributed by atoms with van der Waals surface area (Å²) < 4.78 is 39.9. The standard InChI is InChI=1S/C26H33N3O5S/c1-20(2)14-25(30)28(17-23-10-6-12-33-23)16-22-15-27-26(29(22)18-24-11-7-13-34-24)35(31,32)19-21-8-4-3-5-9-21/h3-6,8-10,12,15,20,24H,7,11,13-14,16-19H2,1-2H3/t24-/m1/s1. The lowest BCUT2D eigenvalue weighted by Gasteiger charge is -2.24. The summed E-state index contributed by atoms with van der Waals surface area (Å²) in [6.45, 7) is 5.57. The fourth-order valence-electron chi connectivity index (χ4n) is 4.31. The molecule has 0 radical (unpaired) electrons. The van der Waals surface area contributed by atoms with Gasteiger partial charge >= 0.3 is 0 Å². The third kappa shape index (κ3) is 6.61. The van der Waals surface area contributed by atoms with Crippen molar-refractivity contribution in [3.63, 3.8) is 0 Å². The third-order valence-corrected chi connectivity index (χ3v) is 7.60. The summed E-state index contributed by atoms with van der Waals surface area (Å²) in [5.41, 5.74) is 1.36. The van der Waals surface area contributed by atoms with Gasteiger partial charge in [0, 0.05) is 13.0 Å². The highest BCUT2D eigenvalue weighted by Gasteiger charge is 2.28. The summed E-state index contributed by atoms with van der Waals surface area (Å²) in [6.07, 6.45) is 5.26. The molecule has 9 heteroatoms. The van der Waals surface area contributed by atoms with E-state index in [1.165, 1.54) is 0 Å². The van der Waals surface area contributed by atoms with Gasteiger partial charge in [0.25, 0.3) is 0 Å². The van der Waals surface area contributed by atoms with Gasteiger partial charge in [0.2, 0.25) is 20.9 Å². The largest absolute Gasteiger partial charge is 0.467 e. The fourth-order valence-corrected chi connectivity index (χ4v) is 5.81. The highest BCUT2D eigenvalue weighted by atomic mass is 32.2. The highest BCUT2D eigenvalue weighted by molar-refractivity contribution is 7.90. The summed E-state index contributed by atoms with van der Waals surface area (Å²) in [7, 11) is -3.72. The number of nitrogens with zero attached hydrogens (tertiary/aromatic N) is 3. The van der Waals surface area contributed by atoms with Crippen LogP contribution in [0, 0.1) is 5.92 Å². The number of carbonyl (C=O) groups excluding carboxylic acids is 1. The number of aromatic nitrogens is 2. The predicted octanol–water partition coefficient (Wildman–Crippen LogP) is 4.20. The molecule has 1 atom stereocenters. The Hall–Kier alpha value is -2.91. The molecular weight excluding hydrogens is 466 g/mol. The fraction of sp³-hybridized carbons (Fsp3) is 0.462. The lowest BCUT2D eigenvalue weighted by atomic mass is 10.1. The van der Waals surface area contributed by atoms with Gasteiger partial charge in [-0.05, 0) is 36.5 Å². The maximum Gasteiger partial charge on any atom is 0.228 e. The van der Waals surface area contributed by atoms with Crippen molar-refractivity contribution in [1.82, 2.24) is 14.5 Å². The van der Waals surface area contributed by atoms with Gasteiger partial charge in [0.1, 0.15) is 5.76 Å². The van der Waals surface area contributed by atoms with Crippen molar-refractivity contribution >= 4 is 15.7 Å². The average Bonchev–Trinajstić information content (AvgIpc) is 3.57. The van der Waals surface area contributed by atoms with Gasteiger partial charge in [0.05, 0.1) is 49.6 Å². The number of imidazole rings is 1. The molecule has 0 spiro atoms. The van der Waals surface area contributed by atoms with Crippen LogP contribution >= 0.6 is 0 Å². The first-order valence-corrected chi connectivity index (χ1v) is 13.7. The molecule has 3 heterocycles. The van der Waals surface area contributed by atoms with Gasteiger partial charge < -0.3 is 18.6 Å². The Bertz CT molecular complexity index is 1200. The van der Waals surface area contributed by atoms with Crippen molar-refractivity contribution in [2.45, 2.75) is 69.8 Å². The molecule has 1 aliphatic heterocycles. The van der Waals surface area contributed by atoms with E-state index >= 15 is 0 Å². The summed E-state index contributed by atoms with van der Waals surface area (Å²) in [6, 6.07) is 12.7. The van der Waals surface area contributed by atoms with Gasteiger partial charge in [-0.3, -0.25) is 4.79 Å². The number of carbonyl (C=O) groups is 1. The maximum atomic E-state index is 13.4. The Morgan fingerprint density at radius 1 is 1.17 bits per heavy atom. The summed E-state index contributed by atoms with van der Waals surface area (Å²) in [4.78, 5) is 19.2. The predicted molar refractivity (Wildman–Crippen MR) is 131 cm³/mol. The normalized spacial score (nSPS) is 16.1. The highest BCUT2D eigenvalue weighted by Crippen LogP contribution is 2.23. The second kappa shape index (κ2) is 11.2. The van der Waals surface area contributed by atoms with E-state index < -0.39 is 9.84 Å². The number of rotatable bonds is 11. The van der Waals surface area contributed by atoms with Crippen molar-refractivity contribution in [3.05, 3.63) is 71.9 Å². The molecular formula is C26H33N3O5S. The maximum absolute atomic E-state index is 13.4. The van der Waals surface area contributed by atoms with Gasteiger partial charge in [-0.25, -0.2) is 13.4 Å². The monoisotopic (exact) mass is 499 g/mol. The van der Waals surface area contributed by atoms with E-state index in [4.69, 9.17) is 9.15 Å². The van der Waals surface area contributed by atoms with Crippen LogP contribution < -0.4 is 0 Å². The van der Waals surface area contributed by atoms with Crippen molar-refractivity contribution in [2.75, 3.05) is 6.61 Å². The first kappa shape index (κ1) is 25.2. The van der Waals surface area contributed by atoms with Crippen molar-refractivity contribution < 1.29 is 22.4 Å². The van der Waals surface area contributed by atoms with Gasteiger partial charge in [-0.15, -0.1) is 0 Å². The number of hydrogen-bond donors (Lipinski definition) is 0. The smallest absolute Gasteiger partial charge is 0.228 e. The van der Waals surface area contributed by atoms with Crippen molar-refractivity contribution in [3.8, 4) is 0 Å². The van der Waals surface area contributed by atoms with Crippen LogP contribution in [0.1, 0.15) is 50.1 Å². The minimum absolute atomic E-state index is 0.0149. The molecule has 0 bridgehead atoms. The van der Waals surface area contributed by atoms with E-state index in [-0.39, 0.29) is 35.4 Å². The number of ether oxygens (including phenoxy) is 1. The van der Waals surface area contributed by atoms with Crippen LogP contribution in [0.5, 0.6) is 0 Å². The van der Waals surface area contributed by atoms with E-state index in [0.717, 1.165) is 12.8 Å². The Balaban J connectivity index is 1.65. The van der Waals surface area contributed by atoms with E-state index in [0.29, 0.717) is 43.1 Å². The molecule has 2 aromatic heterocycles. The number of amides is 1. The first-order valence-electron chi connectivity index (χ1n) is 12.0. The number of furan rings is 1.